The van der Waals surface area contributed by atoms with Crippen LogP contribution in [0.5, 0.6) is 0 Å². The second-order valence-electron chi connectivity index (χ2n) is 4.13. The Morgan fingerprint density at radius 2 is 1.82 bits per heavy atom. The van der Waals surface area contributed by atoms with Gasteiger partial charge in [0.05, 0.1) is 0 Å². The molecule has 2 atom stereocenters. The van der Waals surface area contributed by atoms with Crippen molar-refractivity contribution in [1.82, 2.24) is 0 Å². The highest BCUT2D eigenvalue weighted by atomic mass is 16.1. The van der Waals surface area contributed by atoms with Gasteiger partial charge in [0.1, 0.15) is 6.29 Å². The SMILES string of the molecule is CCC(C)(C)C(C)C(C)C=O. The fourth-order valence-electron chi connectivity index (χ4n) is 1.15. The Balaban J connectivity index is 4.21. The predicted octanol–water partition coefficient (Wildman–Crippen LogP) is 2.89. The van der Waals surface area contributed by atoms with Crippen LogP contribution in [-0.2, 0) is 4.79 Å². The molecule has 11 heavy (non-hydrogen) atoms. The summed E-state index contributed by atoms with van der Waals surface area (Å²) in [5.74, 6) is 0.662. The molecule has 0 radical (unpaired) electrons. The summed E-state index contributed by atoms with van der Waals surface area (Å²) in [5, 5.41) is 0. The minimum Gasteiger partial charge on any atom is -0.303 e. The molecule has 0 heterocycles. The summed E-state index contributed by atoms with van der Waals surface area (Å²) in [6.45, 7) is 10.8. The third-order valence-corrected chi connectivity index (χ3v) is 3.15. The van der Waals surface area contributed by atoms with Gasteiger partial charge in [0.25, 0.3) is 0 Å². The molecule has 0 aromatic heterocycles. The topological polar surface area (TPSA) is 17.1 Å². The zero-order valence-corrected chi connectivity index (χ0v) is 8.35. The molecule has 0 aromatic carbocycles. The van der Waals surface area contributed by atoms with Crippen LogP contribution in [0.2, 0.25) is 0 Å². The molecule has 2 unspecified atom stereocenters. The second-order valence-corrected chi connectivity index (χ2v) is 4.13. The molecule has 0 aliphatic heterocycles. The smallest absolute Gasteiger partial charge is 0.123 e. The van der Waals surface area contributed by atoms with Crippen molar-refractivity contribution < 1.29 is 4.79 Å². The maximum Gasteiger partial charge on any atom is 0.123 e. The summed E-state index contributed by atoms with van der Waals surface area (Å²) in [6.07, 6.45) is 2.19. The zero-order chi connectivity index (χ0) is 9.07. The maximum absolute atomic E-state index is 10.5. The fraction of sp³-hybridized carbons (Fsp3) is 0.900. The van der Waals surface area contributed by atoms with E-state index in [4.69, 9.17) is 0 Å². The van der Waals surface area contributed by atoms with Crippen molar-refractivity contribution in [2.75, 3.05) is 0 Å². The van der Waals surface area contributed by atoms with E-state index in [0.29, 0.717) is 11.3 Å². The highest BCUT2D eigenvalue weighted by Crippen LogP contribution is 2.34. The molecule has 1 nitrogen and oxygen atoms in total. The van der Waals surface area contributed by atoms with Crippen LogP contribution in [-0.4, -0.2) is 6.29 Å². The van der Waals surface area contributed by atoms with E-state index >= 15 is 0 Å². The molecule has 0 N–H and O–H groups in total. The molecule has 1 heteroatoms. The van der Waals surface area contributed by atoms with Gasteiger partial charge in [0.15, 0.2) is 0 Å². The van der Waals surface area contributed by atoms with Gasteiger partial charge in [0.2, 0.25) is 0 Å². The Hall–Kier alpha value is -0.330. The van der Waals surface area contributed by atoms with Gasteiger partial charge in [0, 0.05) is 5.92 Å². The predicted molar refractivity (Wildman–Crippen MR) is 48.5 cm³/mol. The van der Waals surface area contributed by atoms with E-state index in [-0.39, 0.29) is 5.92 Å². The van der Waals surface area contributed by atoms with Gasteiger partial charge < -0.3 is 4.79 Å². The van der Waals surface area contributed by atoms with Gasteiger partial charge in [-0.1, -0.05) is 41.0 Å². The van der Waals surface area contributed by atoms with Crippen LogP contribution in [0.15, 0.2) is 0 Å². The molecular weight excluding hydrogens is 136 g/mol. The molecule has 0 bridgehead atoms. The molecule has 0 fully saturated rings. The van der Waals surface area contributed by atoms with E-state index in [1.807, 2.05) is 6.92 Å². The third-order valence-electron chi connectivity index (χ3n) is 3.15. The van der Waals surface area contributed by atoms with Crippen LogP contribution in [0.1, 0.15) is 41.0 Å². The van der Waals surface area contributed by atoms with E-state index in [1.165, 1.54) is 0 Å². The molecular formula is C10H20O. The standard InChI is InChI=1S/C10H20O/c1-6-10(4,5)9(3)8(2)7-11/h7-9H,6H2,1-5H3. The van der Waals surface area contributed by atoms with Crippen molar-refractivity contribution in [3.8, 4) is 0 Å². The second kappa shape index (κ2) is 3.89. The highest BCUT2D eigenvalue weighted by molar-refractivity contribution is 5.53. The van der Waals surface area contributed by atoms with Crippen molar-refractivity contribution in [3.63, 3.8) is 0 Å². The Labute approximate surface area is 70.2 Å². The molecule has 0 aromatic rings. The number of rotatable bonds is 4. The lowest BCUT2D eigenvalue weighted by molar-refractivity contribution is -0.113. The normalized spacial score (nSPS) is 17.5. The number of carbonyl (C=O) groups excluding carboxylic acids is 1. The van der Waals surface area contributed by atoms with Gasteiger partial charge in [-0.05, 0) is 11.3 Å². The highest BCUT2D eigenvalue weighted by Gasteiger charge is 2.27. The first-order valence-corrected chi connectivity index (χ1v) is 4.41. The zero-order valence-electron chi connectivity index (χ0n) is 8.35. The molecule has 0 spiro atoms. The van der Waals surface area contributed by atoms with Crippen molar-refractivity contribution >= 4 is 6.29 Å². The lowest BCUT2D eigenvalue weighted by atomic mass is 9.72. The monoisotopic (exact) mass is 156 g/mol. The Morgan fingerprint density at radius 1 is 1.36 bits per heavy atom. The minimum atomic E-state index is 0.185. The molecule has 0 amide bonds. The van der Waals surface area contributed by atoms with E-state index < -0.39 is 0 Å². The van der Waals surface area contributed by atoms with Crippen molar-refractivity contribution in [3.05, 3.63) is 0 Å². The third kappa shape index (κ3) is 2.64. The average Bonchev–Trinajstić information content (AvgIpc) is 2.01. The Morgan fingerprint density at radius 3 is 2.09 bits per heavy atom. The first-order valence-electron chi connectivity index (χ1n) is 4.41. The Kier molecular flexibility index (Phi) is 3.77. The van der Waals surface area contributed by atoms with E-state index in [0.717, 1.165) is 12.7 Å². The summed E-state index contributed by atoms with van der Waals surface area (Å²) < 4.78 is 0. The lowest BCUT2D eigenvalue weighted by Gasteiger charge is -2.32. The van der Waals surface area contributed by atoms with Gasteiger partial charge in [-0.15, -0.1) is 0 Å². The van der Waals surface area contributed by atoms with Crippen LogP contribution in [0.3, 0.4) is 0 Å². The first-order chi connectivity index (χ1) is 4.95. The van der Waals surface area contributed by atoms with Gasteiger partial charge in [-0.25, -0.2) is 0 Å². The van der Waals surface area contributed by atoms with Crippen molar-refractivity contribution in [2.24, 2.45) is 17.3 Å². The fourth-order valence-corrected chi connectivity index (χ4v) is 1.15. The molecule has 0 saturated heterocycles. The van der Waals surface area contributed by atoms with Crippen LogP contribution in [0.25, 0.3) is 0 Å². The Bertz CT molecular complexity index is 127. The summed E-state index contributed by atoms with van der Waals surface area (Å²) in [4.78, 5) is 10.5. The van der Waals surface area contributed by atoms with E-state index in [1.54, 1.807) is 0 Å². The summed E-state index contributed by atoms with van der Waals surface area (Å²) in [7, 11) is 0. The summed E-state index contributed by atoms with van der Waals surface area (Å²) in [5.41, 5.74) is 0.292. The van der Waals surface area contributed by atoms with E-state index in [9.17, 15) is 4.79 Å². The largest absolute Gasteiger partial charge is 0.303 e. The van der Waals surface area contributed by atoms with Gasteiger partial charge in [-0.3, -0.25) is 0 Å². The summed E-state index contributed by atoms with van der Waals surface area (Å²) in [6, 6.07) is 0. The van der Waals surface area contributed by atoms with Crippen LogP contribution in [0.4, 0.5) is 0 Å². The number of hydrogen-bond acceptors (Lipinski definition) is 1. The van der Waals surface area contributed by atoms with Crippen LogP contribution in [0, 0.1) is 17.3 Å². The van der Waals surface area contributed by atoms with Crippen molar-refractivity contribution in [1.29, 1.82) is 0 Å². The molecule has 0 saturated carbocycles. The van der Waals surface area contributed by atoms with Crippen LogP contribution >= 0.6 is 0 Å². The van der Waals surface area contributed by atoms with E-state index in [2.05, 4.69) is 27.7 Å². The number of hydrogen-bond donors (Lipinski definition) is 0. The quantitative estimate of drug-likeness (QED) is 0.572. The molecule has 66 valence electrons. The average molecular weight is 156 g/mol. The molecule has 0 aliphatic carbocycles. The molecule has 0 aliphatic rings. The van der Waals surface area contributed by atoms with Crippen LogP contribution < -0.4 is 0 Å². The van der Waals surface area contributed by atoms with Gasteiger partial charge >= 0.3 is 0 Å². The minimum absolute atomic E-state index is 0.185. The molecule has 0 rings (SSSR count). The van der Waals surface area contributed by atoms with Gasteiger partial charge in [-0.2, -0.15) is 0 Å². The lowest BCUT2D eigenvalue weighted by Crippen LogP contribution is -2.26. The number of aldehydes is 1. The first kappa shape index (κ1) is 10.7. The maximum atomic E-state index is 10.5. The number of carbonyl (C=O) groups is 1. The summed E-state index contributed by atoms with van der Waals surface area (Å²) >= 11 is 0. The van der Waals surface area contributed by atoms with Crippen molar-refractivity contribution in [2.45, 2.75) is 41.0 Å².